The van der Waals surface area contributed by atoms with E-state index in [-0.39, 0.29) is 17.1 Å². The minimum absolute atomic E-state index is 0.0862. The number of benzene rings is 2. The van der Waals surface area contributed by atoms with Crippen LogP contribution in [0.5, 0.6) is 0 Å². The predicted octanol–water partition coefficient (Wildman–Crippen LogP) is 3.49. The number of nitrogens with zero attached hydrogens (tertiary/aromatic N) is 1. The van der Waals surface area contributed by atoms with Gasteiger partial charge in [0.05, 0.1) is 11.4 Å². The number of carbonyl (C=O) groups excluding carboxylic acids is 1. The van der Waals surface area contributed by atoms with Crippen LogP contribution in [-0.4, -0.2) is 11.7 Å². The second-order valence-electron chi connectivity index (χ2n) is 5.05. The van der Waals surface area contributed by atoms with Crippen molar-refractivity contribution in [1.82, 2.24) is 0 Å². The third-order valence-corrected chi connectivity index (χ3v) is 4.64. The first-order valence-electron chi connectivity index (χ1n) is 6.61. The number of anilines is 2. The summed E-state index contributed by atoms with van der Waals surface area (Å²) in [6, 6.07) is 12.2. The van der Waals surface area contributed by atoms with Gasteiger partial charge in [-0.25, -0.2) is 4.39 Å². The summed E-state index contributed by atoms with van der Waals surface area (Å²) >= 11 is 1.48. The van der Waals surface area contributed by atoms with Crippen LogP contribution in [0.4, 0.5) is 15.8 Å². The molecule has 0 saturated carbocycles. The quantitative estimate of drug-likeness (QED) is 0.864. The van der Waals surface area contributed by atoms with Crippen molar-refractivity contribution in [3.63, 3.8) is 0 Å². The van der Waals surface area contributed by atoms with Gasteiger partial charge < -0.3 is 5.73 Å². The molecule has 0 bridgehead atoms. The highest BCUT2D eigenvalue weighted by Crippen LogP contribution is 2.43. The molecule has 0 aromatic heterocycles. The minimum Gasteiger partial charge on any atom is -0.399 e. The third-order valence-electron chi connectivity index (χ3n) is 3.42. The van der Waals surface area contributed by atoms with Gasteiger partial charge in [-0.15, -0.1) is 11.8 Å². The molecule has 1 saturated heterocycles. The average molecular weight is 302 g/mol. The van der Waals surface area contributed by atoms with Gasteiger partial charge in [0, 0.05) is 5.69 Å². The molecule has 1 aliphatic heterocycles. The number of carbonyl (C=O) groups is 1. The van der Waals surface area contributed by atoms with Gasteiger partial charge in [0.2, 0.25) is 5.91 Å². The molecule has 1 heterocycles. The van der Waals surface area contributed by atoms with Crippen LogP contribution in [0.15, 0.2) is 42.5 Å². The van der Waals surface area contributed by atoms with Crippen LogP contribution in [-0.2, 0) is 4.79 Å². The Morgan fingerprint density at radius 1 is 1.29 bits per heavy atom. The zero-order chi connectivity index (χ0) is 15.0. The predicted molar refractivity (Wildman–Crippen MR) is 84.7 cm³/mol. The summed E-state index contributed by atoms with van der Waals surface area (Å²) in [4.78, 5) is 13.7. The molecule has 2 N–H and O–H groups in total. The Bertz CT molecular complexity index is 704. The molecular formula is C16H15FN2OS. The maximum Gasteiger partial charge on any atom is 0.238 e. The number of nitrogen functional groups attached to an aromatic ring is 1. The van der Waals surface area contributed by atoms with Crippen LogP contribution < -0.4 is 10.6 Å². The molecule has 1 atom stereocenters. The average Bonchev–Trinajstić information content (AvgIpc) is 2.83. The molecule has 0 unspecified atom stereocenters. The Morgan fingerprint density at radius 3 is 2.86 bits per heavy atom. The molecule has 21 heavy (non-hydrogen) atoms. The fourth-order valence-electron chi connectivity index (χ4n) is 2.45. The lowest BCUT2D eigenvalue weighted by atomic mass is 10.1. The van der Waals surface area contributed by atoms with Crippen LogP contribution in [0.1, 0.15) is 16.5 Å². The molecule has 3 rings (SSSR count). The highest BCUT2D eigenvalue weighted by Gasteiger charge is 2.35. The van der Waals surface area contributed by atoms with Crippen molar-refractivity contribution < 1.29 is 9.18 Å². The molecule has 3 nitrogen and oxygen atoms in total. The van der Waals surface area contributed by atoms with Crippen LogP contribution >= 0.6 is 11.8 Å². The fourth-order valence-corrected chi connectivity index (χ4v) is 3.61. The van der Waals surface area contributed by atoms with Crippen molar-refractivity contribution in [2.45, 2.75) is 12.3 Å². The van der Waals surface area contributed by atoms with Crippen molar-refractivity contribution in [2.24, 2.45) is 0 Å². The van der Waals surface area contributed by atoms with Crippen molar-refractivity contribution in [1.29, 1.82) is 0 Å². The van der Waals surface area contributed by atoms with Crippen molar-refractivity contribution in [2.75, 3.05) is 16.4 Å². The number of halogens is 1. The van der Waals surface area contributed by atoms with Crippen LogP contribution in [0.3, 0.4) is 0 Å². The molecule has 5 heteroatoms. The lowest BCUT2D eigenvalue weighted by Gasteiger charge is -2.25. The van der Waals surface area contributed by atoms with E-state index < -0.39 is 0 Å². The first-order valence-corrected chi connectivity index (χ1v) is 7.66. The summed E-state index contributed by atoms with van der Waals surface area (Å²) < 4.78 is 14.1. The van der Waals surface area contributed by atoms with Crippen LogP contribution in [0, 0.1) is 12.7 Å². The molecule has 1 aliphatic rings. The zero-order valence-corrected chi connectivity index (χ0v) is 12.4. The Labute approximate surface area is 126 Å². The highest BCUT2D eigenvalue weighted by molar-refractivity contribution is 8.00. The van der Waals surface area contributed by atoms with Gasteiger partial charge in [-0.2, -0.15) is 0 Å². The Morgan fingerprint density at radius 2 is 2.10 bits per heavy atom. The number of hydrogen-bond acceptors (Lipinski definition) is 3. The first-order chi connectivity index (χ1) is 10.1. The summed E-state index contributed by atoms with van der Waals surface area (Å²) in [5.74, 6) is -0.130. The molecule has 1 amide bonds. The standard InChI is InChI=1S/C16H15FN2OS/c1-10-5-6-13(17)14(7-10)19-15(20)9-21-16(19)11-3-2-4-12(18)8-11/h2-8,16H,9,18H2,1H3/t16-/m0/s1. The molecule has 0 spiro atoms. The molecule has 1 fully saturated rings. The summed E-state index contributed by atoms with van der Waals surface area (Å²) in [5, 5.41) is -0.239. The largest absolute Gasteiger partial charge is 0.399 e. The SMILES string of the molecule is Cc1ccc(F)c(N2C(=O)CS[C@H]2c2cccc(N)c2)c1. The van der Waals surface area contributed by atoms with Crippen molar-refractivity contribution in [3.05, 3.63) is 59.4 Å². The molecule has 2 aromatic carbocycles. The van der Waals surface area contributed by atoms with E-state index in [1.165, 1.54) is 22.7 Å². The lowest BCUT2D eigenvalue weighted by molar-refractivity contribution is -0.115. The Hall–Kier alpha value is -2.01. The van der Waals surface area contributed by atoms with Gasteiger partial charge in [-0.05, 0) is 42.3 Å². The van der Waals surface area contributed by atoms with Crippen molar-refractivity contribution >= 4 is 29.0 Å². The Kier molecular flexibility index (Phi) is 3.59. The second kappa shape index (κ2) is 5.41. The highest BCUT2D eigenvalue weighted by atomic mass is 32.2. The van der Waals surface area contributed by atoms with Crippen LogP contribution in [0.2, 0.25) is 0 Å². The van der Waals surface area contributed by atoms with E-state index in [1.54, 1.807) is 18.2 Å². The van der Waals surface area contributed by atoms with E-state index in [9.17, 15) is 9.18 Å². The number of rotatable bonds is 2. The monoisotopic (exact) mass is 302 g/mol. The number of nitrogens with two attached hydrogens (primary N) is 1. The summed E-state index contributed by atoms with van der Waals surface area (Å²) in [5.41, 5.74) is 8.61. The number of aryl methyl sites for hydroxylation is 1. The molecule has 0 radical (unpaired) electrons. The van der Waals surface area contributed by atoms with E-state index in [4.69, 9.17) is 5.73 Å². The maximum absolute atomic E-state index is 14.1. The Balaban J connectivity index is 2.06. The third kappa shape index (κ3) is 2.61. The lowest BCUT2D eigenvalue weighted by Crippen LogP contribution is -2.28. The zero-order valence-electron chi connectivity index (χ0n) is 11.5. The molecule has 2 aromatic rings. The van der Waals surface area contributed by atoms with E-state index in [0.29, 0.717) is 17.1 Å². The van der Waals surface area contributed by atoms with Gasteiger partial charge in [-0.3, -0.25) is 9.69 Å². The minimum atomic E-state index is -0.384. The van der Waals surface area contributed by atoms with Gasteiger partial charge in [-0.1, -0.05) is 18.2 Å². The van der Waals surface area contributed by atoms with E-state index in [2.05, 4.69) is 0 Å². The van der Waals surface area contributed by atoms with Gasteiger partial charge >= 0.3 is 0 Å². The summed E-state index contributed by atoms with van der Waals surface area (Å²) in [6.45, 7) is 1.88. The van der Waals surface area contributed by atoms with Gasteiger partial charge in [0.1, 0.15) is 11.2 Å². The molecule has 0 aliphatic carbocycles. The smallest absolute Gasteiger partial charge is 0.238 e. The number of hydrogen-bond donors (Lipinski definition) is 1. The van der Waals surface area contributed by atoms with Gasteiger partial charge in [0.25, 0.3) is 0 Å². The number of thioether (sulfide) groups is 1. The maximum atomic E-state index is 14.1. The van der Waals surface area contributed by atoms with E-state index >= 15 is 0 Å². The van der Waals surface area contributed by atoms with Crippen LogP contribution in [0.25, 0.3) is 0 Å². The fraction of sp³-hybridized carbons (Fsp3) is 0.188. The first kappa shape index (κ1) is 13.9. The topological polar surface area (TPSA) is 46.3 Å². The molecule has 108 valence electrons. The van der Waals surface area contributed by atoms with Gasteiger partial charge in [0.15, 0.2) is 0 Å². The normalized spacial score (nSPS) is 18.3. The number of amides is 1. The summed E-state index contributed by atoms with van der Waals surface area (Å²) in [7, 11) is 0. The molecular weight excluding hydrogens is 287 g/mol. The van der Waals surface area contributed by atoms with E-state index in [1.807, 2.05) is 25.1 Å². The van der Waals surface area contributed by atoms with Crippen molar-refractivity contribution in [3.8, 4) is 0 Å². The summed E-state index contributed by atoms with van der Waals surface area (Å²) in [6.07, 6.45) is 0. The second-order valence-corrected chi connectivity index (χ2v) is 6.12. The van der Waals surface area contributed by atoms with E-state index in [0.717, 1.165) is 11.1 Å².